The zero-order valence-corrected chi connectivity index (χ0v) is 39.3. The molecule has 0 aliphatic heterocycles. The summed E-state index contributed by atoms with van der Waals surface area (Å²) >= 11 is 0. The number of carbonyl (C=O) groups is 1. The molecule has 0 aliphatic carbocycles. The van der Waals surface area contributed by atoms with Gasteiger partial charge in [-0.3, -0.25) is 9.69 Å². The first-order chi connectivity index (χ1) is 32.2. The Morgan fingerprint density at radius 1 is 0.409 bits per heavy atom. The van der Waals surface area contributed by atoms with Crippen molar-refractivity contribution in [2.24, 2.45) is 0 Å². The Hall–Kier alpha value is -1.41. The molecule has 24 nitrogen and oxygen atoms in total. The lowest BCUT2D eigenvalue weighted by Gasteiger charge is -2.32. The number of ether oxygens (including phenoxy) is 12. The Bertz CT molecular complexity index is 980. The van der Waals surface area contributed by atoms with Gasteiger partial charge < -0.3 is 108 Å². The van der Waals surface area contributed by atoms with Gasteiger partial charge in [-0.15, -0.1) is 0 Å². The molecule has 0 aromatic carbocycles. The summed E-state index contributed by atoms with van der Waals surface area (Å²) in [5, 5.41) is 84.8. The molecule has 0 rings (SSSR count). The maximum Gasteiger partial charge on any atom is 0.222 e. The van der Waals surface area contributed by atoms with Crippen molar-refractivity contribution in [3.8, 4) is 0 Å². The number of hydrogen-bond acceptors (Lipinski definition) is 23. The van der Waals surface area contributed by atoms with E-state index in [-0.39, 0.29) is 64.6 Å². The highest BCUT2D eigenvalue weighted by atomic mass is 16.6. The molecular weight excluding hydrogens is 882 g/mol. The molecule has 1 amide bonds. The molecule has 6 atom stereocenters. The summed E-state index contributed by atoms with van der Waals surface area (Å²) in [6.07, 6.45) is -9.27. The van der Waals surface area contributed by atoms with E-state index in [9.17, 15) is 35.4 Å². The lowest BCUT2D eigenvalue weighted by atomic mass is 10.0. The van der Waals surface area contributed by atoms with Crippen molar-refractivity contribution in [2.45, 2.75) is 55.9 Å². The first-order valence-corrected chi connectivity index (χ1v) is 23.0. The van der Waals surface area contributed by atoms with E-state index in [4.69, 9.17) is 67.1 Å². The van der Waals surface area contributed by atoms with Gasteiger partial charge in [0.25, 0.3) is 0 Å². The van der Waals surface area contributed by atoms with Crippen molar-refractivity contribution in [1.82, 2.24) is 15.5 Å². The van der Waals surface area contributed by atoms with Crippen molar-refractivity contribution < 1.29 is 102 Å². The van der Waals surface area contributed by atoms with E-state index >= 15 is 0 Å². The van der Waals surface area contributed by atoms with Gasteiger partial charge >= 0.3 is 0 Å². The molecule has 0 aromatic rings. The highest BCUT2D eigenvalue weighted by Crippen LogP contribution is 2.10. The van der Waals surface area contributed by atoms with Gasteiger partial charge in [-0.1, -0.05) is 0 Å². The lowest BCUT2D eigenvalue weighted by molar-refractivity contribution is -0.122. The summed E-state index contributed by atoms with van der Waals surface area (Å²) in [6.45, 7) is 10.4. The Balaban J connectivity index is 3.61. The van der Waals surface area contributed by atoms with Gasteiger partial charge in [0.2, 0.25) is 5.91 Å². The molecule has 396 valence electrons. The average molecular weight is 970 g/mol. The van der Waals surface area contributed by atoms with E-state index < -0.39 is 49.8 Å². The lowest BCUT2D eigenvalue weighted by Crippen LogP contribution is -2.51. The van der Waals surface area contributed by atoms with Crippen LogP contribution in [0, 0.1) is 0 Å². The number of carbonyl (C=O) groups excluding carboxylic acids is 1. The third-order valence-electron chi connectivity index (χ3n) is 9.13. The van der Waals surface area contributed by atoms with Gasteiger partial charge in [0, 0.05) is 52.4 Å². The molecule has 0 aliphatic rings. The SMILES string of the molecule is CNCCOCCOCCOCCOCCOCCOCCOCCOCCOCCOCCOCCOCCC(=O)NCCN(CC(O)C(O)C(O)CCO)CC(O)C(O)C(O)CCO. The van der Waals surface area contributed by atoms with Crippen LogP contribution in [0.1, 0.15) is 19.3 Å². The molecule has 6 unspecified atom stereocenters. The zero-order valence-electron chi connectivity index (χ0n) is 39.3. The third-order valence-corrected chi connectivity index (χ3v) is 9.13. The van der Waals surface area contributed by atoms with Crippen molar-refractivity contribution >= 4 is 5.91 Å². The summed E-state index contributed by atoms with van der Waals surface area (Å²) < 4.78 is 65.5. The second kappa shape index (κ2) is 50.0. The molecule has 0 saturated carbocycles. The first kappa shape index (κ1) is 64.6. The van der Waals surface area contributed by atoms with Crippen LogP contribution in [0.3, 0.4) is 0 Å². The van der Waals surface area contributed by atoms with Crippen LogP contribution in [0.2, 0.25) is 0 Å². The number of likely N-dealkylation sites (N-methyl/N-ethyl adjacent to an activating group) is 1. The van der Waals surface area contributed by atoms with Crippen LogP contribution in [-0.4, -0.2) is 300 Å². The Morgan fingerprint density at radius 2 is 0.682 bits per heavy atom. The summed E-state index contributed by atoms with van der Waals surface area (Å²) in [5.74, 6) is -0.325. The maximum atomic E-state index is 12.3. The minimum Gasteiger partial charge on any atom is -0.396 e. The van der Waals surface area contributed by atoms with Crippen LogP contribution in [0.25, 0.3) is 0 Å². The maximum absolute atomic E-state index is 12.3. The zero-order chi connectivity index (χ0) is 48.6. The second-order valence-corrected chi connectivity index (χ2v) is 14.6. The number of aliphatic hydroxyl groups is 8. The van der Waals surface area contributed by atoms with Crippen LogP contribution >= 0.6 is 0 Å². The van der Waals surface area contributed by atoms with Crippen molar-refractivity contribution in [3.63, 3.8) is 0 Å². The molecule has 0 aromatic heterocycles. The summed E-state index contributed by atoms with van der Waals surface area (Å²) in [5.41, 5.74) is 0. The molecule has 66 heavy (non-hydrogen) atoms. The fraction of sp³-hybridized carbons (Fsp3) is 0.976. The van der Waals surface area contributed by atoms with E-state index in [1.165, 1.54) is 4.90 Å². The molecule has 10 N–H and O–H groups in total. The number of nitrogens with one attached hydrogen (secondary N) is 2. The molecular formula is C42H87N3O21. The van der Waals surface area contributed by atoms with Crippen molar-refractivity contribution in [3.05, 3.63) is 0 Å². The molecule has 0 bridgehead atoms. The predicted octanol–water partition coefficient (Wildman–Crippen LogP) is -4.86. The van der Waals surface area contributed by atoms with E-state index in [2.05, 4.69) is 10.6 Å². The van der Waals surface area contributed by atoms with Crippen LogP contribution < -0.4 is 10.6 Å². The summed E-state index contributed by atoms with van der Waals surface area (Å²) in [7, 11) is 1.88. The Morgan fingerprint density at radius 3 is 0.955 bits per heavy atom. The molecule has 24 heteroatoms. The fourth-order valence-electron chi connectivity index (χ4n) is 5.42. The van der Waals surface area contributed by atoms with Crippen LogP contribution in [0.15, 0.2) is 0 Å². The normalized spacial score (nSPS) is 14.7. The topological polar surface area (TPSA) is 317 Å². The minimum atomic E-state index is -1.60. The second-order valence-electron chi connectivity index (χ2n) is 14.6. The molecule has 0 saturated heterocycles. The molecule has 0 spiro atoms. The fourth-order valence-corrected chi connectivity index (χ4v) is 5.42. The van der Waals surface area contributed by atoms with Crippen LogP contribution in [-0.2, 0) is 61.6 Å². The number of hydrogen-bond donors (Lipinski definition) is 10. The Labute approximate surface area is 390 Å². The van der Waals surface area contributed by atoms with Gasteiger partial charge in [-0.25, -0.2) is 0 Å². The molecule has 0 heterocycles. The highest BCUT2D eigenvalue weighted by molar-refractivity contribution is 5.75. The third kappa shape index (κ3) is 42.7. The minimum absolute atomic E-state index is 0.0574. The van der Waals surface area contributed by atoms with Crippen LogP contribution in [0.4, 0.5) is 0 Å². The highest BCUT2D eigenvalue weighted by Gasteiger charge is 2.30. The Kier molecular flexibility index (Phi) is 48.9. The number of amides is 1. The van der Waals surface area contributed by atoms with Crippen molar-refractivity contribution in [1.29, 1.82) is 0 Å². The molecule has 0 fully saturated rings. The van der Waals surface area contributed by atoms with E-state index in [1.807, 2.05) is 7.05 Å². The predicted molar refractivity (Wildman–Crippen MR) is 237 cm³/mol. The van der Waals surface area contributed by atoms with E-state index in [0.717, 1.165) is 6.54 Å². The van der Waals surface area contributed by atoms with Gasteiger partial charge in [0.05, 0.1) is 183 Å². The number of rotatable bonds is 54. The van der Waals surface area contributed by atoms with Crippen molar-refractivity contribution in [2.75, 3.05) is 212 Å². The first-order valence-electron chi connectivity index (χ1n) is 23.0. The van der Waals surface area contributed by atoms with E-state index in [1.54, 1.807) is 0 Å². The van der Waals surface area contributed by atoms with Gasteiger partial charge in [0.1, 0.15) is 12.2 Å². The number of nitrogens with zero attached hydrogens (tertiary/aromatic N) is 1. The largest absolute Gasteiger partial charge is 0.396 e. The summed E-state index contributed by atoms with van der Waals surface area (Å²) in [6, 6.07) is 0. The quantitative estimate of drug-likeness (QED) is 0.0256. The number of aliphatic hydroxyl groups excluding tert-OH is 8. The van der Waals surface area contributed by atoms with Crippen LogP contribution in [0.5, 0.6) is 0 Å². The van der Waals surface area contributed by atoms with Gasteiger partial charge in [-0.2, -0.15) is 0 Å². The standard InChI is InChI=1S/C42H87N3O21/c1-43-6-11-56-13-15-58-17-19-60-21-23-62-25-27-64-29-31-66-33-32-65-30-28-63-26-24-61-22-20-59-18-16-57-14-12-55-10-4-40(52)44-5-7-45(34-38(50)41(53)36(48)2-8-46)35-39(51)42(54)37(49)3-9-47/h36-39,41-43,46-51,53-54H,2-35H2,1H3,(H,44,52). The van der Waals surface area contributed by atoms with Gasteiger partial charge in [0.15, 0.2) is 0 Å². The average Bonchev–Trinajstić information content (AvgIpc) is 3.30. The monoisotopic (exact) mass is 970 g/mol. The van der Waals surface area contributed by atoms with Gasteiger partial charge in [-0.05, 0) is 19.9 Å². The van der Waals surface area contributed by atoms with E-state index in [0.29, 0.717) is 145 Å². The smallest absolute Gasteiger partial charge is 0.222 e. The summed E-state index contributed by atoms with van der Waals surface area (Å²) in [4.78, 5) is 13.7. The molecule has 0 radical (unpaired) electrons.